The van der Waals surface area contributed by atoms with Gasteiger partial charge in [-0.1, -0.05) is 18.1 Å². The summed E-state index contributed by atoms with van der Waals surface area (Å²) in [7, 11) is 0. The normalized spacial score (nSPS) is 49.6. The average Bonchev–Trinajstić information content (AvgIpc) is 2.46. The molecule has 0 aromatic carbocycles. The van der Waals surface area contributed by atoms with Crippen LogP contribution in [0, 0.1) is 24.2 Å². The van der Waals surface area contributed by atoms with Crippen LogP contribution in [0.25, 0.3) is 0 Å². The number of fused-ring (bicyclic) bond motifs is 2. The Morgan fingerprint density at radius 2 is 1.90 bits per heavy atom. The van der Waals surface area contributed by atoms with Crippen molar-refractivity contribution in [1.29, 1.82) is 0 Å². The fourth-order valence-electron chi connectivity index (χ4n) is 2.04. The molecule has 2 aliphatic rings. The Bertz CT molecular complexity index is 207. The molecule has 1 N–H and O–H groups in total. The van der Waals surface area contributed by atoms with Gasteiger partial charge in [0.25, 0.3) is 0 Å². The second-order valence-corrected chi connectivity index (χ2v) is 3.14. The molecule has 2 bridgehead atoms. The summed E-state index contributed by atoms with van der Waals surface area (Å²) in [5.74, 6) is 2.97. The molecule has 0 aliphatic heterocycles. The highest BCUT2D eigenvalue weighted by atomic mass is 16.3. The maximum atomic E-state index is 9.80. The van der Waals surface area contributed by atoms with Crippen molar-refractivity contribution in [2.75, 3.05) is 0 Å². The van der Waals surface area contributed by atoms with E-state index in [1.165, 1.54) is 0 Å². The number of terminal acetylenes is 1. The lowest BCUT2D eigenvalue weighted by Gasteiger charge is -2.20. The van der Waals surface area contributed by atoms with E-state index in [9.17, 15) is 5.11 Å². The zero-order valence-electron chi connectivity index (χ0n) is 5.75. The maximum absolute atomic E-state index is 9.80. The van der Waals surface area contributed by atoms with Crippen LogP contribution in [0.5, 0.6) is 0 Å². The van der Waals surface area contributed by atoms with Crippen LogP contribution in [0.15, 0.2) is 12.2 Å². The van der Waals surface area contributed by atoms with Crippen molar-refractivity contribution < 1.29 is 5.11 Å². The molecule has 1 fully saturated rings. The fourth-order valence-corrected chi connectivity index (χ4v) is 2.04. The molecule has 3 atom stereocenters. The molecule has 1 heteroatoms. The Kier molecular flexibility index (Phi) is 0.988. The highest BCUT2D eigenvalue weighted by molar-refractivity contribution is 5.29. The highest BCUT2D eigenvalue weighted by Crippen LogP contribution is 2.46. The largest absolute Gasteiger partial charge is 0.376 e. The Hall–Kier alpha value is -0.740. The Labute approximate surface area is 60.8 Å². The molecule has 52 valence electrons. The van der Waals surface area contributed by atoms with E-state index in [-0.39, 0.29) is 11.8 Å². The molecule has 0 heterocycles. The molecule has 2 rings (SSSR count). The van der Waals surface area contributed by atoms with Crippen molar-refractivity contribution in [3.05, 3.63) is 12.2 Å². The predicted octanol–water partition coefficient (Wildman–Crippen LogP) is 0.947. The third kappa shape index (κ3) is 0.483. The molecule has 0 radical (unpaired) electrons. The summed E-state index contributed by atoms with van der Waals surface area (Å²) < 4.78 is 0. The van der Waals surface area contributed by atoms with Crippen molar-refractivity contribution in [2.45, 2.75) is 18.4 Å². The van der Waals surface area contributed by atoms with E-state index in [0.717, 1.165) is 12.8 Å². The van der Waals surface area contributed by atoms with Crippen molar-refractivity contribution >= 4 is 0 Å². The number of hydrogen-bond acceptors (Lipinski definition) is 1. The quantitative estimate of drug-likeness (QED) is 0.386. The van der Waals surface area contributed by atoms with Gasteiger partial charge >= 0.3 is 0 Å². The lowest BCUT2D eigenvalue weighted by Crippen LogP contribution is -2.32. The third-order valence-corrected chi connectivity index (χ3v) is 2.73. The summed E-state index contributed by atoms with van der Waals surface area (Å²) in [4.78, 5) is 0. The van der Waals surface area contributed by atoms with Gasteiger partial charge in [-0.15, -0.1) is 6.42 Å². The van der Waals surface area contributed by atoms with Crippen molar-refractivity contribution in [2.24, 2.45) is 11.8 Å². The summed E-state index contributed by atoms with van der Waals surface area (Å²) in [6.45, 7) is 0. The van der Waals surface area contributed by atoms with Gasteiger partial charge in [0.2, 0.25) is 0 Å². The Morgan fingerprint density at radius 1 is 1.40 bits per heavy atom. The first-order valence-electron chi connectivity index (χ1n) is 3.66. The second kappa shape index (κ2) is 1.65. The van der Waals surface area contributed by atoms with E-state index >= 15 is 0 Å². The van der Waals surface area contributed by atoms with E-state index in [1.807, 2.05) is 12.2 Å². The minimum Gasteiger partial charge on any atom is -0.376 e. The fraction of sp³-hybridized carbons (Fsp3) is 0.556. The van der Waals surface area contributed by atoms with Crippen molar-refractivity contribution in [1.82, 2.24) is 0 Å². The van der Waals surface area contributed by atoms with E-state index in [4.69, 9.17) is 6.42 Å². The van der Waals surface area contributed by atoms with Crippen LogP contribution in [-0.2, 0) is 0 Å². The van der Waals surface area contributed by atoms with Crippen molar-refractivity contribution in [3.63, 3.8) is 0 Å². The van der Waals surface area contributed by atoms with Crippen LogP contribution in [0.2, 0.25) is 0 Å². The van der Waals surface area contributed by atoms with E-state index in [2.05, 4.69) is 5.92 Å². The molecule has 10 heavy (non-hydrogen) atoms. The monoisotopic (exact) mass is 134 g/mol. The van der Waals surface area contributed by atoms with Gasteiger partial charge in [-0.2, -0.15) is 0 Å². The summed E-state index contributed by atoms with van der Waals surface area (Å²) in [5, 5.41) is 9.80. The molecule has 1 saturated carbocycles. The van der Waals surface area contributed by atoms with Gasteiger partial charge in [0, 0.05) is 11.8 Å². The highest BCUT2D eigenvalue weighted by Gasteiger charge is 2.48. The van der Waals surface area contributed by atoms with Crippen LogP contribution in [0.1, 0.15) is 12.8 Å². The van der Waals surface area contributed by atoms with Crippen LogP contribution >= 0.6 is 0 Å². The van der Waals surface area contributed by atoms with Gasteiger partial charge in [0.1, 0.15) is 5.60 Å². The molecule has 0 spiro atoms. The first-order valence-corrected chi connectivity index (χ1v) is 3.66. The van der Waals surface area contributed by atoms with Gasteiger partial charge < -0.3 is 5.11 Å². The summed E-state index contributed by atoms with van der Waals surface area (Å²) in [6, 6.07) is 0. The van der Waals surface area contributed by atoms with Gasteiger partial charge in [-0.25, -0.2) is 0 Å². The molecular formula is C9H10O. The number of aliphatic hydroxyl groups is 1. The Balaban J connectivity index is 2.39. The standard InChI is InChI=1S/C9H10O/c1-2-9(10)7-3-4-8(9)6-5-7/h1,3-4,7-8,10H,5-6H2/t7-,8+,9?. The predicted molar refractivity (Wildman–Crippen MR) is 39.1 cm³/mol. The molecule has 0 saturated heterocycles. The Morgan fingerprint density at radius 3 is 2.10 bits per heavy atom. The van der Waals surface area contributed by atoms with Gasteiger partial charge in [0.05, 0.1) is 0 Å². The number of rotatable bonds is 0. The summed E-state index contributed by atoms with van der Waals surface area (Å²) in [5.41, 5.74) is -0.819. The molecule has 0 aromatic heterocycles. The smallest absolute Gasteiger partial charge is 0.137 e. The lowest BCUT2D eigenvalue weighted by atomic mass is 9.92. The number of hydrogen-bond donors (Lipinski definition) is 1. The summed E-state index contributed by atoms with van der Waals surface area (Å²) in [6.07, 6.45) is 11.5. The van der Waals surface area contributed by atoms with E-state index < -0.39 is 5.60 Å². The minimum atomic E-state index is -0.819. The van der Waals surface area contributed by atoms with Gasteiger partial charge in [-0.05, 0) is 12.8 Å². The first-order chi connectivity index (χ1) is 4.77. The van der Waals surface area contributed by atoms with Crippen LogP contribution < -0.4 is 0 Å². The molecule has 0 aromatic rings. The summed E-state index contributed by atoms with van der Waals surface area (Å²) >= 11 is 0. The maximum Gasteiger partial charge on any atom is 0.137 e. The van der Waals surface area contributed by atoms with Crippen LogP contribution in [0.3, 0.4) is 0 Å². The zero-order valence-corrected chi connectivity index (χ0v) is 5.75. The third-order valence-electron chi connectivity index (χ3n) is 2.73. The lowest BCUT2D eigenvalue weighted by molar-refractivity contribution is 0.0635. The topological polar surface area (TPSA) is 20.2 Å². The van der Waals surface area contributed by atoms with Crippen LogP contribution in [-0.4, -0.2) is 10.7 Å². The van der Waals surface area contributed by atoms with Crippen molar-refractivity contribution in [3.8, 4) is 12.3 Å². The zero-order chi connectivity index (χ0) is 7.19. The van der Waals surface area contributed by atoms with E-state index in [1.54, 1.807) is 0 Å². The second-order valence-electron chi connectivity index (χ2n) is 3.14. The van der Waals surface area contributed by atoms with Crippen LogP contribution in [0.4, 0.5) is 0 Å². The minimum absolute atomic E-state index is 0.238. The molecule has 1 unspecified atom stereocenters. The SMILES string of the molecule is C#CC1(O)[C@@H]2C=C[C@H]1CC2. The average molecular weight is 134 g/mol. The first kappa shape index (κ1) is 6.00. The van der Waals surface area contributed by atoms with Gasteiger partial charge in [-0.3, -0.25) is 0 Å². The van der Waals surface area contributed by atoms with Gasteiger partial charge in [0.15, 0.2) is 0 Å². The van der Waals surface area contributed by atoms with E-state index in [0.29, 0.717) is 0 Å². The molecule has 2 aliphatic carbocycles. The molecule has 1 nitrogen and oxygen atoms in total. The molecular weight excluding hydrogens is 124 g/mol. The molecule has 0 amide bonds.